The van der Waals surface area contributed by atoms with Crippen LogP contribution in [0, 0.1) is 10.1 Å². The Morgan fingerprint density at radius 2 is 1.45 bits per heavy atom. The Balaban J connectivity index is 1.39. The zero-order chi connectivity index (χ0) is 22.9. The topological polar surface area (TPSA) is 80.1 Å². The number of nitrogens with zero attached hydrogens (tertiary/aromatic N) is 1. The maximum absolute atomic E-state index is 10.8. The normalized spacial score (nSPS) is 19.8. The van der Waals surface area contributed by atoms with Crippen molar-refractivity contribution in [3.05, 3.63) is 118 Å². The first kappa shape index (κ1) is 22.7. The highest BCUT2D eigenvalue weighted by Crippen LogP contribution is 2.23. The fraction of sp³-hybridized carbons (Fsp3) is 0.231. The van der Waals surface area contributed by atoms with E-state index in [-0.39, 0.29) is 17.9 Å². The van der Waals surface area contributed by atoms with Crippen molar-refractivity contribution < 1.29 is 23.9 Å². The van der Waals surface area contributed by atoms with Crippen molar-refractivity contribution in [3.8, 4) is 5.75 Å². The monoisotopic (exact) mass is 447 g/mol. The van der Waals surface area contributed by atoms with Crippen LogP contribution < -0.4 is 4.74 Å². The van der Waals surface area contributed by atoms with Gasteiger partial charge in [0, 0.05) is 12.1 Å². The number of benzene rings is 3. The summed E-state index contributed by atoms with van der Waals surface area (Å²) in [4.78, 5) is 10.4. The second-order valence-corrected chi connectivity index (χ2v) is 7.56. The molecule has 1 aliphatic heterocycles. The van der Waals surface area contributed by atoms with E-state index in [4.69, 9.17) is 18.9 Å². The number of hydrogen-bond acceptors (Lipinski definition) is 6. The molecule has 33 heavy (non-hydrogen) atoms. The molecule has 0 bridgehead atoms. The van der Waals surface area contributed by atoms with Gasteiger partial charge in [-0.3, -0.25) is 10.1 Å². The quantitative estimate of drug-likeness (QED) is 0.246. The van der Waals surface area contributed by atoms with Gasteiger partial charge in [-0.2, -0.15) is 0 Å². The van der Waals surface area contributed by atoms with Gasteiger partial charge in [-0.1, -0.05) is 66.7 Å². The average molecular weight is 447 g/mol. The molecule has 0 amide bonds. The van der Waals surface area contributed by atoms with Gasteiger partial charge in [0.1, 0.15) is 18.0 Å². The van der Waals surface area contributed by atoms with Crippen LogP contribution in [-0.2, 0) is 27.4 Å². The minimum absolute atomic E-state index is 0.00372. The minimum atomic E-state index is -0.659. The van der Waals surface area contributed by atoms with Gasteiger partial charge in [-0.15, -0.1) is 0 Å². The van der Waals surface area contributed by atoms with Crippen molar-refractivity contribution in [1.82, 2.24) is 0 Å². The van der Waals surface area contributed by atoms with E-state index in [9.17, 15) is 10.1 Å². The Labute approximate surface area is 192 Å². The van der Waals surface area contributed by atoms with E-state index in [0.717, 1.165) is 11.1 Å². The van der Waals surface area contributed by atoms with Crippen LogP contribution in [0.25, 0.3) is 0 Å². The lowest BCUT2D eigenvalue weighted by molar-refractivity contribution is -0.384. The highest BCUT2D eigenvalue weighted by Gasteiger charge is 2.29. The summed E-state index contributed by atoms with van der Waals surface area (Å²) in [6.07, 6.45) is 2.35. The smallest absolute Gasteiger partial charge is 0.269 e. The summed E-state index contributed by atoms with van der Waals surface area (Å²) in [5.74, 6) is 0.475. The van der Waals surface area contributed by atoms with Crippen molar-refractivity contribution in [1.29, 1.82) is 0 Å². The molecule has 0 fully saturated rings. The molecule has 170 valence electrons. The fourth-order valence-corrected chi connectivity index (χ4v) is 3.40. The van der Waals surface area contributed by atoms with E-state index in [1.165, 1.54) is 12.1 Å². The van der Waals surface area contributed by atoms with Gasteiger partial charge in [0.2, 0.25) is 6.29 Å². The lowest BCUT2D eigenvalue weighted by atomic mass is 10.1. The largest absolute Gasteiger partial charge is 0.461 e. The molecule has 0 saturated carbocycles. The van der Waals surface area contributed by atoms with Gasteiger partial charge >= 0.3 is 0 Å². The summed E-state index contributed by atoms with van der Waals surface area (Å²) >= 11 is 0. The molecule has 0 spiro atoms. The summed E-state index contributed by atoms with van der Waals surface area (Å²) in [5.41, 5.74) is 2.15. The molecule has 0 radical (unpaired) electrons. The molecule has 3 atom stereocenters. The molecule has 0 saturated heterocycles. The van der Waals surface area contributed by atoms with Crippen molar-refractivity contribution in [2.24, 2.45) is 0 Å². The molecule has 3 aromatic rings. The standard InChI is InChI=1S/C26H25NO6/c28-27(29)22-11-13-23(14-12-22)32-26-16-15-24(31-18-21-9-5-2-6-10-21)25(33-26)19-30-17-20-7-3-1-4-8-20/h1-16,24-26H,17-19H2/t24-,25+,26-/m0/s1. The highest BCUT2D eigenvalue weighted by molar-refractivity contribution is 5.36. The lowest BCUT2D eigenvalue weighted by Crippen LogP contribution is -2.42. The molecule has 7 nitrogen and oxygen atoms in total. The summed E-state index contributed by atoms with van der Waals surface area (Å²) in [6.45, 7) is 1.23. The molecule has 0 aliphatic carbocycles. The summed E-state index contributed by atoms with van der Waals surface area (Å²) in [6, 6.07) is 25.7. The molecular weight excluding hydrogens is 422 g/mol. The maximum atomic E-state index is 10.8. The number of ether oxygens (including phenoxy) is 4. The van der Waals surface area contributed by atoms with Crippen molar-refractivity contribution in [2.75, 3.05) is 6.61 Å². The molecule has 0 unspecified atom stereocenters. The first-order valence-corrected chi connectivity index (χ1v) is 10.7. The number of rotatable bonds is 10. The molecule has 1 heterocycles. The Kier molecular flexibility index (Phi) is 7.81. The van der Waals surface area contributed by atoms with E-state index in [1.807, 2.05) is 66.7 Å². The van der Waals surface area contributed by atoms with E-state index in [1.54, 1.807) is 18.2 Å². The SMILES string of the molecule is O=[N+]([O-])c1ccc(O[C@@H]2C=C[C@H](OCc3ccccc3)[C@@H](COCc3ccccc3)O2)cc1. The zero-order valence-electron chi connectivity index (χ0n) is 18.0. The summed E-state index contributed by atoms with van der Waals surface area (Å²) in [7, 11) is 0. The molecule has 0 N–H and O–H groups in total. The van der Waals surface area contributed by atoms with Crippen molar-refractivity contribution >= 4 is 5.69 Å². The second-order valence-electron chi connectivity index (χ2n) is 7.56. The van der Waals surface area contributed by atoms with Crippen LogP contribution in [0.1, 0.15) is 11.1 Å². The third-order valence-electron chi connectivity index (χ3n) is 5.11. The molecule has 3 aromatic carbocycles. The Hall–Kier alpha value is -3.52. The third-order valence-corrected chi connectivity index (χ3v) is 5.11. The van der Waals surface area contributed by atoms with Crippen molar-refractivity contribution in [3.63, 3.8) is 0 Å². The lowest BCUT2D eigenvalue weighted by Gasteiger charge is -2.32. The Bertz CT molecular complexity index is 1040. The molecule has 1 aliphatic rings. The van der Waals surface area contributed by atoms with Crippen LogP contribution in [-0.4, -0.2) is 30.0 Å². The maximum Gasteiger partial charge on any atom is 0.269 e. The van der Waals surface area contributed by atoms with E-state index in [0.29, 0.717) is 25.6 Å². The van der Waals surface area contributed by atoms with Crippen LogP contribution in [0.5, 0.6) is 5.75 Å². The zero-order valence-corrected chi connectivity index (χ0v) is 18.0. The van der Waals surface area contributed by atoms with Gasteiger partial charge in [0.05, 0.1) is 24.7 Å². The highest BCUT2D eigenvalue weighted by atomic mass is 16.7. The van der Waals surface area contributed by atoms with Crippen LogP contribution in [0.2, 0.25) is 0 Å². The van der Waals surface area contributed by atoms with Crippen LogP contribution in [0.3, 0.4) is 0 Å². The number of hydrogen-bond donors (Lipinski definition) is 0. The van der Waals surface area contributed by atoms with Crippen molar-refractivity contribution in [2.45, 2.75) is 31.7 Å². The van der Waals surface area contributed by atoms with E-state index < -0.39 is 11.2 Å². The predicted molar refractivity (Wildman–Crippen MR) is 123 cm³/mol. The summed E-state index contributed by atoms with van der Waals surface area (Å²) < 4.78 is 24.0. The number of non-ortho nitro benzene ring substituents is 1. The van der Waals surface area contributed by atoms with E-state index >= 15 is 0 Å². The summed E-state index contributed by atoms with van der Waals surface area (Å²) in [5, 5.41) is 10.8. The molecule has 0 aromatic heterocycles. The predicted octanol–water partition coefficient (Wildman–Crippen LogP) is 5.06. The van der Waals surface area contributed by atoms with E-state index in [2.05, 4.69) is 0 Å². The van der Waals surface area contributed by atoms with Gasteiger partial charge in [0.15, 0.2) is 0 Å². The van der Waals surface area contributed by atoms with Gasteiger partial charge in [0.25, 0.3) is 5.69 Å². The number of nitro groups is 1. The van der Waals surface area contributed by atoms with Crippen LogP contribution >= 0.6 is 0 Å². The van der Waals surface area contributed by atoms with Gasteiger partial charge in [-0.05, 0) is 29.3 Å². The molecule has 4 rings (SSSR count). The molecule has 7 heteroatoms. The minimum Gasteiger partial charge on any atom is -0.461 e. The van der Waals surface area contributed by atoms with Crippen LogP contribution in [0.15, 0.2) is 97.1 Å². The average Bonchev–Trinajstić information content (AvgIpc) is 2.85. The Morgan fingerprint density at radius 3 is 2.09 bits per heavy atom. The molecular formula is C26H25NO6. The van der Waals surface area contributed by atoms with Gasteiger partial charge < -0.3 is 18.9 Å². The fourth-order valence-electron chi connectivity index (χ4n) is 3.40. The Morgan fingerprint density at radius 1 is 0.818 bits per heavy atom. The van der Waals surface area contributed by atoms with Gasteiger partial charge in [-0.25, -0.2) is 0 Å². The second kappa shape index (κ2) is 11.4. The third kappa shape index (κ3) is 6.73. The number of nitro benzene ring substituents is 1. The first-order chi connectivity index (χ1) is 16.2. The van der Waals surface area contributed by atoms with Crippen LogP contribution in [0.4, 0.5) is 5.69 Å². The first-order valence-electron chi connectivity index (χ1n) is 10.7.